The molecule has 3 rings (SSSR count). The lowest BCUT2D eigenvalue weighted by molar-refractivity contribution is -0.147. The minimum atomic E-state index is -4.03. The molecule has 0 aliphatic heterocycles. The highest BCUT2D eigenvalue weighted by Gasteiger charge is 2.37. The smallest absolute Gasteiger partial charge is 0.327 e. The van der Waals surface area contributed by atoms with Crippen molar-refractivity contribution in [2.24, 2.45) is 0 Å². The van der Waals surface area contributed by atoms with Crippen LogP contribution in [0, 0.1) is 6.92 Å². The second kappa shape index (κ2) is 10.5. The van der Waals surface area contributed by atoms with E-state index in [2.05, 4.69) is 25.6 Å². The maximum absolute atomic E-state index is 13.0. The molecule has 0 spiro atoms. The van der Waals surface area contributed by atoms with Crippen molar-refractivity contribution in [3.05, 3.63) is 80.7 Å². The number of thiazole rings is 1. The van der Waals surface area contributed by atoms with Crippen LogP contribution in [0.15, 0.2) is 69.5 Å². The zero-order valence-corrected chi connectivity index (χ0v) is 20.0. The zero-order chi connectivity index (χ0) is 22.4. The molecule has 0 fully saturated rings. The molecule has 2 aromatic carbocycles. The number of esters is 1. The monoisotopic (exact) mass is 524 g/mol. The van der Waals surface area contributed by atoms with Gasteiger partial charge in [-0.3, -0.25) is 4.79 Å². The summed E-state index contributed by atoms with van der Waals surface area (Å²) in [6.07, 6.45) is 0.596. The molecule has 0 bridgehead atoms. The Labute approximate surface area is 193 Å². The average molecular weight is 525 g/mol. The SMILES string of the molecule is COC(=O)[C@H](NS(=O)(=O)c1ccc(Br)cc1)[C@H](OCc1ccc(C)cc1)c1nccs1. The predicted octanol–water partition coefficient (Wildman–Crippen LogP) is 3.99. The van der Waals surface area contributed by atoms with Crippen molar-refractivity contribution < 1.29 is 22.7 Å². The van der Waals surface area contributed by atoms with Gasteiger partial charge in [0, 0.05) is 16.0 Å². The largest absolute Gasteiger partial charge is 0.468 e. The maximum atomic E-state index is 13.0. The van der Waals surface area contributed by atoms with Gasteiger partial charge in [-0.25, -0.2) is 13.4 Å². The fourth-order valence-electron chi connectivity index (χ4n) is 2.76. The Bertz CT molecular complexity index is 1100. The highest BCUT2D eigenvalue weighted by atomic mass is 79.9. The summed E-state index contributed by atoms with van der Waals surface area (Å²) in [4.78, 5) is 16.9. The van der Waals surface area contributed by atoms with E-state index in [1.165, 1.54) is 30.6 Å². The lowest BCUT2D eigenvalue weighted by atomic mass is 10.1. The van der Waals surface area contributed by atoms with Crippen molar-refractivity contribution in [2.45, 2.75) is 30.6 Å². The third-order valence-corrected chi connectivity index (χ3v) is 7.23. The number of carbonyl (C=O) groups excluding carboxylic acids is 1. The number of aryl methyl sites for hydroxylation is 1. The number of hydrogen-bond acceptors (Lipinski definition) is 7. The first kappa shape index (κ1) is 23.6. The van der Waals surface area contributed by atoms with E-state index in [4.69, 9.17) is 9.47 Å². The maximum Gasteiger partial charge on any atom is 0.327 e. The normalized spacial score (nSPS) is 13.5. The summed E-state index contributed by atoms with van der Waals surface area (Å²) in [5, 5.41) is 2.19. The summed E-state index contributed by atoms with van der Waals surface area (Å²) in [6.45, 7) is 2.14. The van der Waals surface area contributed by atoms with E-state index in [0.717, 1.165) is 15.6 Å². The first-order valence-electron chi connectivity index (χ1n) is 9.22. The molecule has 1 aromatic heterocycles. The summed E-state index contributed by atoms with van der Waals surface area (Å²) in [5.74, 6) is -0.773. The Kier molecular flexibility index (Phi) is 7.95. The number of aromatic nitrogens is 1. The molecule has 0 saturated carbocycles. The number of ether oxygens (including phenoxy) is 2. The molecule has 0 amide bonds. The first-order valence-corrected chi connectivity index (χ1v) is 12.4. The van der Waals surface area contributed by atoms with E-state index < -0.39 is 28.1 Å². The van der Waals surface area contributed by atoms with E-state index in [-0.39, 0.29) is 11.5 Å². The Morgan fingerprint density at radius 1 is 1.16 bits per heavy atom. The van der Waals surface area contributed by atoms with E-state index in [9.17, 15) is 13.2 Å². The van der Waals surface area contributed by atoms with Gasteiger partial charge >= 0.3 is 5.97 Å². The van der Waals surface area contributed by atoms with E-state index in [0.29, 0.717) is 5.01 Å². The Hall–Kier alpha value is -2.11. The van der Waals surface area contributed by atoms with Crippen molar-refractivity contribution in [3.8, 4) is 0 Å². The Morgan fingerprint density at radius 2 is 1.84 bits per heavy atom. The predicted molar refractivity (Wildman–Crippen MR) is 121 cm³/mol. The minimum absolute atomic E-state index is 0.0148. The van der Waals surface area contributed by atoms with Gasteiger partial charge in [-0.15, -0.1) is 11.3 Å². The van der Waals surface area contributed by atoms with Crippen LogP contribution in [0.2, 0.25) is 0 Å². The number of benzene rings is 2. The molecule has 1 N–H and O–H groups in total. The van der Waals surface area contributed by atoms with Gasteiger partial charge in [-0.05, 0) is 36.8 Å². The van der Waals surface area contributed by atoms with Crippen LogP contribution in [-0.2, 0) is 30.9 Å². The summed E-state index contributed by atoms with van der Waals surface area (Å²) >= 11 is 4.54. The summed E-state index contributed by atoms with van der Waals surface area (Å²) in [6, 6.07) is 12.5. The number of carbonyl (C=O) groups is 1. The van der Waals surface area contributed by atoms with Crippen LogP contribution in [0.3, 0.4) is 0 Å². The molecule has 0 aliphatic carbocycles. The Morgan fingerprint density at radius 3 is 2.42 bits per heavy atom. The first-order chi connectivity index (χ1) is 14.8. The van der Waals surface area contributed by atoms with Crippen molar-refractivity contribution >= 4 is 43.3 Å². The summed E-state index contributed by atoms with van der Waals surface area (Å²) < 4.78 is 40.0. The summed E-state index contributed by atoms with van der Waals surface area (Å²) in [7, 11) is -2.83. The van der Waals surface area contributed by atoms with Crippen molar-refractivity contribution in [2.75, 3.05) is 7.11 Å². The molecule has 2 atom stereocenters. The molecule has 3 aromatic rings. The number of rotatable bonds is 9. The quantitative estimate of drug-likeness (QED) is 0.425. The van der Waals surface area contributed by atoms with Gasteiger partial charge in [0.1, 0.15) is 11.1 Å². The van der Waals surface area contributed by atoms with Crippen molar-refractivity contribution in [3.63, 3.8) is 0 Å². The van der Waals surface area contributed by atoms with Gasteiger partial charge in [0.15, 0.2) is 6.04 Å². The number of methoxy groups -OCH3 is 1. The van der Waals surface area contributed by atoms with Crippen molar-refractivity contribution in [1.82, 2.24) is 9.71 Å². The van der Waals surface area contributed by atoms with Gasteiger partial charge in [0.2, 0.25) is 10.0 Å². The van der Waals surface area contributed by atoms with Crippen LogP contribution in [0.4, 0.5) is 0 Å². The second-order valence-electron chi connectivity index (χ2n) is 6.66. The molecule has 0 aliphatic rings. The van der Waals surface area contributed by atoms with Crippen LogP contribution in [0.25, 0.3) is 0 Å². The van der Waals surface area contributed by atoms with E-state index in [1.807, 2.05) is 31.2 Å². The minimum Gasteiger partial charge on any atom is -0.468 e. The molecular weight excluding hydrogens is 504 g/mol. The fraction of sp³-hybridized carbons (Fsp3) is 0.238. The number of halogens is 1. The van der Waals surface area contributed by atoms with Crippen LogP contribution < -0.4 is 4.72 Å². The van der Waals surface area contributed by atoms with Gasteiger partial charge in [-0.2, -0.15) is 4.72 Å². The summed E-state index contributed by atoms with van der Waals surface area (Å²) in [5.41, 5.74) is 1.99. The zero-order valence-electron chi connectivity index (χ0n) is 16.8. The van der Waals surface area contributed by atoms with Crippen LogP contribution in [0.5, 0.6) is 0 Å². The van der Waals surface area contributed by atoms with Crippen LogP contribution in [0.1, 0.15) is 22.2 Å². The number of sulfonamides is 1. The van der Waals surface area contributed by atoms with E-state index in [1.54, 1.807) is 23.7 Å². The lowest BCUT2D eigenvalue weighted by Crippen LogP contribution is -2.46. The van der Waals surface area contributed by atoms with Crippen LogP contribution >= 0.6 is 27.3 Å². The molecular formula is C21H21BrN2O5S2. The standard InChI is InChI=1S/C21H21BrN2O5S2/c1-14-3-5-15(6-4-14)13-29-19(20-23-11-12-30-20)18(21(25)28-2)24-31(26,27)17-9-7-16(22)8-10-17/h3-12,18-19,24H,13H2,1-2H3/t18-,19+/m1/s1. The molecule has 7 nitrogen and oxygen atoms in total. The molecule has 164 valence electrons. The Balaban J connectivity index is 1.90. The van der Waals surface area contributed by atoms with Gasteiger partial charge in [-0.1, -0.05) is 45.8 Å². The number of hydrogen-bond donors (Lipinski definition) is 1. The molecule has 31 heavy (non-hydrogen) atoms. The molecule has 0 radical (unpaired) electrons. The number of nitrogens with zero attached hydrogens (tertiary/aromatic N) is 1. The topological polar surface area (TPSA) is 94.6 Å². The fourth-order valence-corrected chi connectivity index (χ4v) is 4.93. The van der Waals surface area contributed by atoms with Crippen molar-refractivity contribution in [1.29, 1.82) is 0 Å². The molecule has 0 unspecified atom stereocenters. The molecule has 1 heterocycles. The second-order valence-corrected chi connectivity index (χ2v) is 10.2. The van der Waals surface area contributed by atoms with Gasteiger partial charge in [0.25, 0.3) is 0 Å². The van der Waals surface area contributed by atoms with Gasteiger partial charge < -0.3 is 9.47 Å². The third kappa shape index (κ3) is 6.20. The average Bonchev–Trinajstić information content (AvgIpc) is 3.28. The highest BCUT2D eigenvalue weighted by molar-refractivity contribution is 9.10. The molecule has 0 saturated heterocycles. The number of nitrogens with one attached hydrogen (secondary N) is 1. The lowest BCUT2D eigenvalue weighted by Gasteiger charge is -2.25. The molecule has 10 heteroatoms. The van der Waals surface area contributed by atoms with Gasteiger partial charge in [0.05, 0.1) is 18.6 Å². The highest BCUT2D eigenvalue weighted by Crippen LogP contribution is 2.27. The van der Waals surface area contributed by atoms with Crippen LogP contribution in [-0.4, -0.2) is 32.5 Å². The van der Waals surface area contributed by atoms with E-state index >= 15 is 0 Å². The third-order valence-electron chi connectivity index (χ3n) is 4.41.